The van der Waals surface area contributed by atoms with E-state index in [4.69, 9.17) is 10.00 Å². The Bertz CT molecular complexity index is 232. The fourth-order valence-electron chi connectivity index (χ4n) is 1.45. The third-order valence-electron chi connectivity index (χ3n) is 2.87. The fraction of sp³-hybridized carbons (Fsp3) is 0.917. The molecule has 0 aromatic rings. The molecule has 0 aliphatic rings. The van der Waals surface area contributed by atoms with Gasteiger partial charge in [-0.25, -0.2) is 0 Å². The van der Waals surface area contributed by atoms with E-state index in [1.54, 1.807) is 7.05 Å². The van der Waals surface area contributed by atoms with Crippen molar-refractivity contribution in [3.05, 3.63) is 0 Å². The van der Waals surface area contributed by atoms with Gasteiger partial charge in [0.05, 0.1) is 17.8 Å². The normalized spacial score (nSPS) is 17.9. The summed E-state index contributed by atoms with van der Waals surface area (Å²) in [6.45, 7) is 10.2. The average molecular weight is 212 g/mol. The van der Waals surface area contributed by atoms with Gasteiger partial charge < -0.3 is 10.1 Å². The Morgan fingerprint density at radius 1 is 1.40 bits per heavy atom. The Hall–Kier alpha value is -0.590. The van der Waals surface area contributed by atoms with Gasteiger partial charge in [-0.2, -0.15) is 5.26 Å². The molecule has 0 rings (SSSR count). The van der Waals surface area contributed by atoms with E-state index in [0.717, 1.165) is 6.42 Å². The summed E-state index contributed by atoms with van der Waals surface area (Å²) in [5, 5.41) is 12.0. The van der Waals surface area contributed by atoms with Gasteiger partial charge >= 0.3 is 0 Å². The van der Waals surface area contributed by atoms with Crippen molar-refractivity contribution in [3.8, 4) is 6.07 Å². The lowest BCUT2D eigenvalue weighted by molar-refractivity contribution is -0.0733. The number of nitrogens with one attached hydrogen (secondary N) is 1. The van der Waals surface area contributed by atoms with Crippen LogP contribution in [0.4, 0.5) is 0 Å². The van der Waals surface area contributed by atoms with E-state index in [9.17, 15) is 0 Å². The summed E-state index contributed by atoms with van der Waals surface area (Å²) < 4.78 is 5.90. The van der Waals surface area contributed by atoms with E-state index >= 15 is 0 Å². The molecule has 3 nitrogen and oxygen atoms in total. The summed E-state index contributed by atoms with van der Waals surface area (Å²) in [4.78, 5) is 0. The smallest absolute Gasteiger partial charge is 0.106 e. The van der Waals surface area contributed by atoms with Crippen LogP contribution in [-0.2, 0) is 4.74 Å². The first-order chi connectivity index (χ1) is 6.78. The van der Waals surface area contributed by atoms with Crippen LogP contribution in [0.5, 0.6) is 0 Å². The molecular formula is C12H24N2O. The third-order valence-corrected chi connectivity index (χ3v) is 2.87. The van der Waals surface area contributed by atoms with Crippen LogP contribution in [0, 0.1) is 11.3 Å². The van der Waals surface area contributed by atoms with Crippen molar-refractivity contribution in [1.29, 1.82) is 5.26 Å². The van der Waals surface area contributed by atoms with Gasteiger partial charge in [-0.05, 0) is 41.2 Å². The summed E-state index contributed by atoms with van der Waals surface area (Å²) in [7, 11) is 1.81. The Labute approximate surface area is 93.8 Å². The van der Waals surface area contributed by atoms with Crippen LogP contribution in [0.15, 0.2) is 0 Å². The highest BCUT2D eigenvalue weighted by Crippen LogP contribution is 2.21. The van der Waals surface area contributed by atoms with Gasteiger partial charge in [0.15, 0.2) is 0 Å². The fourth-order valence-corrected chi connectivity index (χ4v) is 1.45. The zero-order chi connectivity index (χ0) is 12.1. The van der Waals surface area contributed by atoms with Crippen LogP contribution >= 0.6 is 0 Å². The molecule has 0 aliphatic heterocycles. The standard InChI is InChI=1S/C12H24N2O/c1-7-11(3,4)15-10(2)8-12(5,9-13)14-6/h10,14H,7-8H2,1-6H3. The van der Waals surface area contributed by atoms with Gasteiger partial charge in [-0.15, -0.1) is 0 Å². The predicted octanol–water partition coefficient (Wildman–Crippen LogP) is 2.47. The molecule has 88 valence electrons. The molecule has 0 aromatic heterocycles. The lowest BCUT2D eigenvalue weighted by atomic mass is 9.96. The Kier molecular flexibility index (Phi) is 5.27. The summed E-state index contributed by atoms with van der Waals surface area (Å²) in [6, 6.07) is 2.27. The molecule has 0 amide bonds. The second-order valence-corrected chi connectivity index (χ2v) is 4.94. The maximum absolute atomic E-state index is 9.02. The molecule has 0 bridgehead atoms. The number of hydrogen-bond donors (Lipinski definition) is 1. The van der Waals surface area contributed by atoms with Crippen LogP contribution in [-0.4, -0.2) is 24.3 Å². The molecule has 0 fully saturated rings. The van der Waals surface area contributed by atoms with Crippen LogP contribution in [0.25, 0.3) is 0 Å². The van der Waals surface area contributed by atoms with E-state index in [2.05, 4.69) is 32.2 Å². The summed E-state index contributed by atoms with van der Waals surface area (Å²) in [5.41, 5.74) is -0.604. The molecule has 2 unspecified atom stereocenters. The molecule has 1 N–H and O–H groups in total. The number of ether oxygens (including phenoxy) is 1. The zero-order valence-electron chi connectivity index (χ0n) is 10.8. The molecule has 0 radical (unpaired) electrons. The largest absolute Gasteiger partial charge is 0.373 e. The third kappa shape index (κ3) is 5.15. The summed E-state index contributed by atoms with van der Waals surface area (Å²) in [5.74, 6) is 0. The number of nitrogens with zero attached hydrogens (tertiary/aromatic N) is 1. The van der Waals surface area contributed by atoms with Crippen molar-refractivity contribution in [3.63, 3.8) is 0 Å². The first-order valence-corrected chi connectivity index (χ1v) is 5.56. The van der Waals surface area contributed by atoms with Crippen molar-refractivity contribution in [1.82, 2.24) is 5.32 Å². The first-order valence-electron chi connectivity index (χ1n) is 5.56. The van der Waals surface area contributed by atoms with Gasteiger partial charge in [0.1, 0.15) is 5.54 Å². The van der Waals surface area contributed by atoms with Crippen LogP contribution < -0.4 is 5.32 Å². The maximum atomic E-state index is 9.02. The Morgan fingerprint density at radius 3 is 2.27 bits per heavy atom. The first kappa shape index (κ1) is 14.4. The minimum Gasteiger partial charge on any atom is -0.373 e. The Balaban J connectivity index is 4.27. The molecule has 0 saturated carbocycles. The van der Waals surface area contributed by atoms with Gasteiger partial charge in [0.2, 0.25) is 0 Å². The molecule has 0 aliphatic carbocycles. The van der Waals surface area contributed by atoms with Crippen molar-refractivity contribution < 1.29 is 4.74 Å². The van der Waals surface area contributed by atoms with Crippen molar-refractivity contribution in [2.75, 3.05) is 7.05 Å². The van der Waals surface area contributed by atoms with Gasteiger partial charge in [-0.1, -0.05) is 6.92 Å². The minimum absolute atomic E-state index is 0.0806. The maximum Gasteiger partial charge on any atom is 0.106 e. The topological polar surface area (TPSA) is 45.0 Å². The summed E-state index contributed by atoms with van der Waals surface area (Å²) in [6.07, 6.45) is 1.75. The Morgan fingerprint density at radius 2 is 1.93 bits per heavy atom. The highest BCUT2D eigenvalue weighted by Gasteiger charge is 2.27. The molecular weight excluding hydrogens is 188 g/mol. The second-order valence-electron chi connectivity index (χ2n) is 4.94. The highest BCUT2D eigenvalue weighted by molar-refractivity contribution is 5.03. The second kappa shape index (κ2) is 5.48. The van der Waals surface area contributed by atoms with Crippen molar-refractivity contribution in [2.45, 2.75) is 64.7 Å². The predicted molar refractivity (Wildman–Crippen MR) is 62.6 cm³/mol. The molecule has 15 heavy (non-hydrogen) atoms. The van der Waals surface area contributed by atoms with Crippen LogP contribution in [0.2, 0.25) is 0 Å². The minimum atomic E-state index is -0.497. The van der Waals surface area contributed by atoms with E-state index in [1.807, 2.05) is 13.8 Å². The van der Waals surface area contributed by atoms with E-state index in [-0.39, 0.29) is 11.7 Å². The van der Waals surface area contributed by atoms with Crippen LogP contribution in [0.1, 0.15) is 47.5 Å². The monoisotopic (exact) mass is 212 g/mol. The van der Waals surface area contributed by atoms with E-state index in [0.29, 0.717) is 6.42 Å². The lowest BCUT2D eigenvalue weighted by Crippen LogP contribution is -2.42. The van der Waals surface area contributed by atoms with E-state index < -0.39 is 5.54 Å². The molecule has 2 atom stereocenters. The van der Waals surface area contributed by atoms with Crippen molar-refractivity contribution in [2.24, 2.45) is 0 Å². The van der Waals surface area contributed by atoms with Gasteiger partial charge in [-0.3, -0.25) is 0 Å². The quantitative estimate of drug-likeness (QED) is 0.735. The van der Waals surface area contributed by atoms with Gasteiger partial charge in [0.25, 0.3) is 0 Å². The van der Waals surface area contributed by atoms with E-state index in [1.165, 1.54) is 0 Å². The van der Waals surface area contributed by atoms with Gasteiger partial charge in [0, 0.05) is 6.42 Å². The zero-order valence-corrected chi connectivity index (χ0v) is 10.8. The lowest BCUT2D eigenvalue weighted by Gasteiger charge is -2.31. The average Bonchev–Trinajstić information content (AvgIpc) is 2.16. The molecule has 0 aromatic carbocycles. The molecule has 0 heterocycles. The number of hydrogen-bond acceptors (Lipinski definition) is 3. The molecule has 0 spiro atoms. The summed E-state index contributed by atoms with van der Waals surface area (Å²) >= 11 is 0. The molecule has 0 saturated heterocycles. The number of rotatable bonds is 6. The highest BCUT2D eigenvalue weighted by atomic mass is 16.5. The SMILES string of the molecule is CCC(C)(C)OC(C)CC(C)(C#N)NC. The molecule has 3 heteroatoms. The number of nitriles is 1. The van der Waals surface area contributed by atoms with Crippen LogP contribution in [0.3, 0.4) is 0 Å². The van der Waals surface area contributed by atoms with Crippen molar-refractivity contribution >= 4 is 0 Å².